The minimum absolute atomic E-state index is 0.0189. The van der Waals surface area contributed by atoms with Crippen LogP contribution in [0.2, 0.25) is 5.02 Å². The number of anilines is 1. The van der Waals surface area contributed by atoms with E-state index in [0.717, 1.165) is 24.3 Å². The first-order chi connectivity index (χ1) is 9.49. The number of hydrogen-bond donors (Lipinski definition) is 2. The number of benzene rings is 1. The van der Waals surface area contributed by atoms with Crippen LogP contribution in [-0.2, 0) is 11.3 Å². The molecule has 0 bridgehead atoms. The number of rotatable bonds is 7. The zero-order valence-corrected chi connectivity index (χ0v) is 13.4. The van der Waals surface area contributed by atoms with Crippen LogP contribution in [0.5, 0.6) is 0 Å². The smallest absolute Gasteiger partial charge is 0.239 e. The summed E-state index contributed by atoms with van der Waals surface area (Å²) in [6.45, 7) is 8.00. The molecule has 0 saturated heterocycles. The number of nitrogens with zero attached hydrogens (tertiary/aromatic N) is 1. The van der Waals surface area contributed by atoms with Gasteiger partial charge in [-0.05, 0) is 18.6 Å². The van der Waals surface area contributed by atoms with Crippen molar-refractivity contribution in [3.63, 3.8) is 0 Å². The van der Waals surface area contributed by atoms with Crippen LogP contribution in [0.15, 0.2) is 18.2 Å². The van der Waals surface area contributed by atoms with Crippen molar-refractivity contribution in [2.24, 2.45) is 0 Å². The van der Waals surface area contributed by atoms with Gasteiger partial charge in [0.05, 0.1) is 17.3 Å². The van der Waals surface area contributed by atoms with Gasteiger partial charge in [-0.1, -0.05) is 37.6 Å². The maximum atomic E-state index is 11.6. The number of carbonyl (C=O) groups is 1. The van der Waals surface area contributed by atoms with Crippen molar-refractivity contribution in [1.29, 1.82) is 0 Å². The summed E-state index contributed by atoms with van der Waals surface area (Å²) in [7, 11) is 1.64. The van der Waals surface area contributed by atoms with Crippen molar-refractivity contribution in [3.05, 3.63) is 28.8 Å². The largest absolute Gasteiger partial charge is 0.361 e. The summed E-state index contributed by atoms with van der Waals surface area (Å²) in [5.74, 6) is -0.0189. The van der Waals surface area contributed by atoms with Gasteiger partial charge in [0, 0.05) is 26.2 Å². The topological polar surface area (TPSA) is 44.4 Å². The van der Waals surface area contributed by atoms with E-state index in [4.69, 9.17) is 11.6 Å². The molecule has 0 aliphatic heterocycles. The highest BCUT2D eigenvalue weighted by atomic mass is 35.5. The molecule has 0 fully saturated rings. The molecule has 1 aromatic rings. The average molecular weight is 298 g/mol. The molecule has 0 saturated carbocycles. The summed E-state index contributed by atoms with van der Waals surface area (Å²) >= 11 is 6.34. The molecule has 2 N–H and O–H groups in total. The fourth-order valence-corrected chi connectivity index (χ4v) is 2.29. The van der Waals surface area contributed by atoms with E-state index in [2.05, 4.69) is 24.5 Å². The van der Waals surface area contributed by atoms with E-state index >= 15 is 0 Å². The summed E-state index contributed by atoms with van der Waals surface area (Å²) in [5, 5.41) is 6.72. The lowest BCUT2D eigenvalue weighted by atomic mass is 10.1. The first-order valence-electron chi connectivity index (χ1n) is 6.95. The first-order valence-corrected chi connectivity index (χ1v) is 7.33. The van der Waals surface area contributed by atoms with E-state index in [1.807, 2.05) is 30.0 Å². The van der Waals surface area contributed by atoms with Gasteiger partial charge in [-0.15, -0.1) is 0 Å². The molecule has 0 aromatic heterocycles. The molecule has 20 heavy (non-hydrogen) atoms. The standard InChI is InChI=1S/C15H24ClN3O/c1-5-19(10-14(20)17-4)15-12(9-18-11(2)3)7-6-8-13(15)16/h6-8,11,18H,5,9-10H2,1-4H3,(H,17,20). The molecule has 0 unspecified atom stereocenters. The molecule has 4 nitrogen and oxygen atoms in total. The Morgan fingerprint density at radius 1 is 1.40 bits per heavy atom. The Bertz CT molecular complexity index is 449. The lowest BCUT2D eigenvalue weighted by molar-refractivity contribution is -0.119. The fraction of sp³-hybridized carbons (Fsp3) is 0.533. The summed E-state index contributed by atoms with van der Waals surface area (Å²) in [6, 6.07) is 6.25. The van der Waals surface area contributed by atoms with E-state index in [-0.39, 0.29) is 5.91 Å². The van der Waals surface area contributed by atoms with Gasteiger partial charge < -0.3 is 15.5 Å². The highest BCUT2D eigenvalue weighted by Gasteiger charge is 2.16. The summed E-state index contributed by atoms with van der Waals surface area (Å²) in [5.41, 5.74) is 2.05. The molecule has 1 aromatic carbocycles. The van der Waals surface area contributed by atoms with Crippen molar-refractivity contribution >= 4 is 23.2 Å². The molecule has 112 valence electrons. The van der Waals surface area contributed by atoms with Crippen LogP contribution in [0.4, 0.5) is 5.69 Å². The maximum absolute atomic E-state index is 11.6. The minimum atomic E-state index is -0.0189. The van der Waals surface area contributed by atoms with Crippen LogP contribution in [0, 0.1) is 0 Å². The number of halogens is 1. The third-order valence-corrected chi connectivity index (χ3v) is 3.39. The van der Waals surface area contributed by atoms with Crippen LogP contribution in [-0.4, -0.2) is 32.1 Å². The van der Waals surface area contributed by atoms with Crippen LogP contribution in [0.3, 0.4) is 0 Å². The van der Waals surface area contributed by atoms with Crippen molar-refractivity contribution in [2.45, 2.75) is 33.4 Å². The second-order valence-corrected chi connectivity index (χ2v) is 5.38. The Kier molecular flexibility index (Phi) is 6.82. The zero-order valence-electron chi connectivity index (χ0n) is 12.7. The minimum Gasteiger partial charge on any atom is -0.361 e. The molecule has 0 radical (unpaired) electrons. The molecule has 0 aliphatic rings. The second kappa shape index (κ2) is 8.12. The lowest BCUT2D eigenvalue weighted by Crippen LogP contribution is -2.36. The van der Waals surface area contributed by atoms with Crippen LogP contribution in [0.1, 0.15) is 26.3 Å². The maximum Gasteiger partial charge on any atom is 0.239 e. The number of nitrogens with one attached hydrogen (secondary N) is 2. The summed E-state index contributed by atoms with van der Waals surface area (Å²) in [6.07, 6.45) is 0. The predicted octanol–water partition coefficient (Wildman–Crippen LogP) is 2.41. The van der Waals surface area contributed by atoms with Gasteiger partial charge in [-0.3, -0.25) is 4.79 Å². The molecule has 0 spiro atoms. The number of amides is 1. The molecule has 0 atom stereocenters. The van der Waals surface area contributed by atoms with Crippen LogP contribution < -0.4 is 15.5 Å². The zero-order chi connectivity index (χ0) is 15.1. The van der Waals surface area contributed by atoms with Crippen LogP contribution in [0.25, 0.3) is 0 Å². The monoisotopic (exact) mass is 297 g/mol. The predicted molar refractivity (Wildman–Crippen MR) is 85.4 cm³/mol. The van der Waals surface area contributed by atoms with E-state index in [0.29, 0.717) is 17.6 Å². The number of hydrogen-bond acceptors (Lipinski definition) is 3. The number of para-hydroxylation sites is 1. The van der Waals surface area contributed by atoms with Gasteiger partial charge in [-0.2, -0.15) is 0 Å². The number of carbonyl (C=O) groups excluding carboxylic acids is 1. The van der Waals surface area contributed by atoms with E-state index in [1.165, 1.54) is 0 Å². The van der Waals surface area contributed by atoms with E-state index in [1.54, 1.807) is 7.05 Å². The highest BCUT2D eigenvalue weighted by Crippen LogP contribution is 2.29. The second-order valence-electron chi connectivity index (χ2n) is 4.97. The van der Waals surface area contributed by atoms with Crippen molar-refractivity contribution < 1.29 is 4.79 Å². The molecule has 0 heterocycles. The summed E-state index contributed by atoms with van der Waals surface area (Å²) < 4.78 is 0. The van der Waals surface area contributed by atoms with Crippen molar-refractivity contribution in [3.8, 4) is 0 Å². The summed E-state index contributed by atoms with van der Waals surface area (Å²) in [4.78, 5) is 13.6. The molecule has 1 rings (SSSR count). The Balaban J connectivity index is 3.02. The highest BCUT2D eigenvalue weighted by molar-refractivity contribution is 6.33. The van der Waals surface area contributed by atoms with Gasteiger partial charge in [0.15, 0.2) is 0 Å². The molecule has 1 amide bonds. The molecule has 5 heteroatoms. The Labute approximate surface area is 126 Å². The van der Waals surface area contributed by atoms with Gasteiger partial charge in [0.1, 0.15) is 0 Å². The van der Waals surface area contributed by atoms with Gasteiger partial charge in [0.25, 0.3) is 0 Å². The van der Waals surface area contributed by atoms with Gasteiger partial charge in [0.2, 0.25) is 5.91 Å². The van der Waals surface area contributed by atoms with E-state index in [9.17, 15) is 4.79 Å². The normalized spacial score (nSPS) is 10.7. The Hall–Kier alpha value is -1.26. The third-order valence-electron chi connectivity index (χ3n) is 3.08. The quantitative estimate of drug-likeness (QED) is 0.812. The fourth-order valence-electron chi connectivity index (χ4n) is 1.97. The Morgan fingerprint density at radius 3 is 2.65 bits per heavy atom. The van der Waals surface area contributed by atoms with Crippen molar-refractivity contribution in [1.82, 2.24) is 10.6 Å². The van der Waals surface area contributed by atoms with Gasteiger partial charge in [-0.25, -0.2) is 0 Å². The Morgan fingerprint density at radius 2 is 2.10 bits per heavy atom. The SMILES string of the molecule is CCN(CC(=O)NC)c1c(Cl)cccc1CNC(C)C. The lowest BCUT2D eigenvalue weighted by Gasteiger charge is -2.26. The molecular weight excluding hydrogens is 274 g/mol. The van der Waals surface area contributed by atoms with Gasteiger partial charge >= 0.3 is 0 Å². The first kappa shape index (κ1) is 16.8. The third kappa shape index (κ3) is 4.69. The van der Waals surface area contributed by atoms with Crippen molar-refractivity contribution in [2.75, 3.05) is 25.0 Å². The van der Waals surface area contributed by atoms with E-state index < -0.39 is 0 Å². The molecular formula is C15H24ClN3O. The number of likely N-dealkylation sites (N-methyl/N-ethyl adjacent to an activating group) is 2. The van der Waals surface area contributed by atoms with Crippen LogP contribution >= 0.6 is 11.6 Å². The molecule has 0 aliphatic carbocycles. The average Bonchev–Trinajstić information content (AvgIpc) is 2.42.